The second-order valence-corrected chi connectivity index (χ2v) is 4.23. The highest BCUT2D eigenvalue weighted by atomic mass is 35.5. The Hall–Kier alpha value is -0.840. The summed E-state index contributed by atoms with van der Waals surface area (Å²) < 4.78 is 11.2. The van der Waals surface area contributed by atoms with E-state index in [9.17, 15) is 0 Å². The van der Waals surface area contributed by atoms with Crippen LogP contribution in [0.1, 0.15) is 0 Å². The number of fused-ring (bicyclic) bond motifs is 1. The van der Waals surface area contributed by atoms with Crippen LogP contribution >= 0.6 is 23.9 Å². The molecule has 0 atom stereocenters. The number of halogens is 1. The van der Waals surface area contributed by atoms with Crippen LogP contribution in [0.5, 0.6) is 5.75 Å². The van der Waals surface area contributed by atoms with Crippen molar-refractivity contribution in [3.63, 3.8) is 0 Å². The molecule has 15 heavy (non-hydrogen) atoms. The standard InChI is InChI=1S/C10H10N2OS.ClH/c1-2-9(13-7-4-11-5-7)8-6-12-14-10(8)3-1;/h1-3,6-7,11H,4-5H2;1H. The van der Waals surface area contributed by atoms with Gasteiger partial charge in [-0.25, -0.2) is 0 Å². The lowest BCUT2D eigenvalue weighted by Crippen LogP contribution is -2.50. The molecule has 1 fully saturated rings. The Bertz CT molecular complexity index is 455. The molecule has 3 rings (SSSR count). The van der Waals surface area contributed by atoms with Crippen LogP contribution in [-0.4, -0.2) is 23.6 Å². The molecule has 1 aromatic carbocycles. The van der Waals surface area contributed by atoms with Crippen molar-refractivity contribution < 1.29 is 4.74 Å². The number of hydrogen-bond acceptors (Lipinski definition) is 4. The molecule has 0 aliphatic carbocycles. The van der Waals surface area contributed by atoms with Crippen molar-refractivity contribution in [1.82, 2.24) is 9.69 Å². The quantitative estimate of drug-likeness (QED) is 0.876. The molecule has 0 unspecified atom stereocenters. The maximum atomic E-state index is 5.83. The van der Waals surface area contributed by atoms with Crippen LogP contribution in [0.4, 0.5) is 0 Å². The van der Waals surface area contributed by atoms with Gasteiger partial charge in [-0.15, -0.1) is 12.4 Å². The molecule has 2 aromatic rings. The summed E-state index contributed by atoms with van der Waals surface area (Å²) in [4.78, 5) is 0. The Labute approximate surface area is 98.0 Å². The van der Waals surface area contributed by atoms with Gasteiger partial charge in [-0.1, -0.05) is 6.07 Å². The lowest BCUT2D eigenvalue weighted by molar-refractivity contribution is 0.144. The normalized spacial score (nSPS) is 15.7. The van der Waals surface area contributed by atoms with Gasteiger partial charge in [0.1, 0.15) is 11.9 Å². The van der Waals surface area contributed by atoms with E-state index in [1.54, 1.807) is 0 Å². The van der Waals surface area contributed by atoms with Gasteiger partial charge < -0.3 is 10.1 Å². The van der Waals surface area contributed by atoms with Gasteiger partial charge >= 0.3 is 0 Å². The minimum atomic E-state index is 0. The third kappa shape index (κ3) is 1.93. The van der Waals surface area contributed by atoms with Crippen LogP contribution in [0.25, 0.3) is 10.1 Å². The summed E-state index contributed by atoms with van der Waals surface area (Å²) in [7, 11) is 0. The summed E-state index contributed by atoms with van der Waals surface area (Å²) in [5, 5.41) is 4.31. The molecular formula is C10H11ClN2OS. The minimum absolute atomic E-state index is 0. The lowest BCUT2D eigenvalue weighted by Gasteiger charge is -2.27. The summed E-state index contributed by atoms with van der Waals surface area (Å²) in [6, 6.07) is 6.09. The van der Waals surface area contributed by atoms with E-state index in [1.165, 1.54) is 16.2 Å². The maximum absolute atomic E-state index is 5.83. The smallest absolute Gasteiger partial charge is 0.130 e. The van der Waals surface area contributed by atoms with Crippen molar-refractivity contribution in [2.24, 2.45) is 0 Å². The second kappa shape index (κ2) is 4.35. The first kappa shape index (κ1) is 10.7. The van der Waals surface area contributed by atoms with E-state index < -0.39 is 0 Å². The molecule has 1 N–H and O–H groups in total. The first-order chi connectivity index (χ1) is 6.93. The molecule has 0 spiro atoms. The van der Waals surface area contributed by atoms with Crippen molar-refractivity contribution in [3.05, 3.63) is 24.4 Å². The van der Waals surface area contributed by atoms with Crippen molar-refractivity contribution in [2.45, 2.75) is 6.10 Å². The molecule has 1 aliphatic heterocycles. The Balaban J connectivity index is 0.000000853. The summed E-state index contributed by atoms with van der Waals surface area (Å²) in [5.41, 5.74) is 0. The highest BCUT2D eigenvalue weighted by molar-refractivity contribution is 7.13. The third-order valence-corrected chi connectivity index (χ3v) is 3.16. The molecule has 2 heterocycles. The van der Waals surface area contributed by atoms with Gasteiger partial charge in [0.2, 0.25) is 0 Å². The Morgan fingerprint density at radius 3 is 3.00 bits per heavy atom. The summed E-state index contributed by atoms with van der Waals surface area (Å²) in [6.07, 6.45) is 2.21. The monoisotopic (exact) mass is 242 g/mol. The number of ether oxygens (including phenoxy) is 1. The lowest BCUT2D eigenvalue weighted by atomic mass is 10.2. The molecule has 1 aliphatic rings. The van der Waals surface area contributed by atoms with E-state index in [0.717, 1.165) is 24.2 Å². The zero-order valence-corrected chi connectivity index (χ0v) is 9.61. The molecular weight excluding hydrogens is 232 g/mol. The van der Waals surface area contributed by atoms with E-state index in [1.807, 2.05) is 18.3 Å². The number of nitrogens with zero attached hydrogens (tertiary/aromatic N) is 1. The molecule has 0 radical (unpaired) electrons. The van der Waals surface area contributed by atoms with Gasteiger partial charge in [0.05, 0.1) is 16.3 Å². The van der Waals surface area contributed by atoms with E-state index in [-0.39, 0.29) is 12.4 Å². The van der Waals surface area contributed by atoms with E-state index in [0.29, 0.717) is 6.10 Å². The molecule has 80 valence electrons. The summed E-state index contributed by atoms with van der Waals surface area (Å²) in [5.74, 6) is 0.961. The van der Waals surface area contributed by atoms with Crippen LogP contribution in [-0.2, 0) is 0 Å². The average molecular weight is 243 g/mol. The fourth-order valence-corrected chi connectivity index (χ4v) is 2.16. The number of benzene rings is 1. The third-order valence-electron chi connectivity index (χ3n) is 2.40. The number of nitrogens with one attached hydrogen (secondary N) is 1. The number of rotatable bonds is 2. The SMILES string of the molecule is Cl.c1cc(OC2CNC2)c2cnsc2c1. The van der Waals surface area contributed by atoms with Crippen LogP contribution in [0.3, 0.4) is 0 Å². The van der Waals surface area contributed by atoms with Crippen LogP contribution < -0.4 is 10.1 Å². The molecule has 1 saturated heterocycles. The zero-order valence-electron chi connectivity index (χ0n) is 7.97. The first-order valence-electron chi connectivity index (χ1n) is 4.64. The Morgan fingerprint density at radius 1 is 1.40 bits per heavy atom. The van der Waals surface area contributed by atoms with Crippen LogP contribution in [0.2, 0.25) is 0 Å². The zero-order chi connectivity index (χ0) is 9.38. The highest BCUT2D eigenvalue weighted by Gasteiger charge is 2.19. The summed E-state index contributed by atoms with van der Waals surface area (Å²) >= 11 is 1.51. The second-order valence-electron chi connectivity index (χ2n) is 3.39. The molecule has 0 bridgehead atoms. The van der Waals surface area contributed by atoms with Gasteiger partial charge in [0, 0.05) is 13.1 Å². The van der Waals surface area contributed by atoms with Gasteiger partial charge in [0.15, 0.2) is 0 Å². The van der Waals surface area contributed by atoms with Crippen LogP contribution in [0.15, 0.2) is 24.4 Å². The van der Waals surface area contributed by atoms with Gasteiger partial charge in [-0.05, 0) is 23.7 Å². The number of aromatic nitrogens is 1. The van der Waals surface area contributed by atoms with Gasteiger partial charge in [0.25, 0.3) is 0 Å². The van der Waals surface area contributed by atoms with Gasteiger partial charge in [-0.3, -0.25) is 0 Å². The van der Waals surface area contributed by atoms with E-state index >= 15 is 0 Å². The fourth-order valence-electron chi connectivity index (χ4n) is 1.49. The molecule has 1 aromatic heterocycles. The Morgan fingerprint density at radius 2 is 2.27 bits per heavy atom. The van der Waals surface area contributed by atoms with Crippen molar-refractivity contribution >= 4 is 34.0 Å². The van der Waals surface area contributed by atoms with Gasteiger partial charge in [-0.2, -0.15) is 4.37 Å². The predicted octanol–water partition coefficient (Wildman–Crippen LogP) is 2.07. The fraction of sp³-hybridized carbons (Fsp3) is 0.300. The largest absolute Gasteiger partial charge is 0.487 e. The van der Waals surface area contributed by atoms with Crippen LogP contribution in [0, 0.1) is 0 Å². The van der Waals surface area contributed by atoms with E-state index in [4.69, 9.17) is 4.74 Å². The van der Waals surface area contributed by atoms with Crippen molar-refractivity contribution in [1.29, 1.82) is 0 Å². The topological polar surface area (TPSA) is 34.1 Å². The molecule has 5 heteroatoms. The Kier molecular flexibility index (Phi) is 3.09. The highest BCUT2D eigenvalue weighted by Crippen LogP contribution is 2.28. The summed E-state index contributed by atoms with van der Waals surface area (Å²) in [6.45, 7) is 1.90. The number of hydrogen-bond donors (Lipinski definition) is 1. The van der Waals surface area contributed by atoms with E-state index in [2.05, 4.69) is 15.8 Å². The first-order valence-corrected chi connectivity index (χ1v) is 5.41. The molecule has 0 amide bonds. The van der Waals surface area contributed by atoms with Crippen molar-refractivity contribution in [2.75, 3.05) is 13.1 Å². The molecule has 3 nitrogen and oxygen atoms in total. The molecule has 0 saturated carbocycles. The average Bonchev–Trinajstić information content (AvgIpc) is 2.59. The maximum Gasteiger partial charge on any atom is 0.130 e. The predicted molar refractivity (Wildman–Crippen MR) is 64.2 cm³/mol. The van der Waals surface area contributed by atoms with Crippen molar-refractivity contribution in [3.8, 4) is 5.75 Å². The minimum Gasteiger partial charge on any atom is -0.487 e.